The summed E-state index contributed by atoms with van der Waals surface area (Å²) in [5, 5.41) is 3.28. The van der Waals surface area contributed by atoms with E-state index in [1.165, 1.54) is 6.33 Å². The van der Waals surface area contributed by atoms with E-state index in [0.29, 0.717) is 11.9 Å². The highest BCUT2D eigenvalue weighted by molar-refractivity contribution is 9.10. The molecule has 0 atom stereocenters. The van der Waals surface area contributed by atoms with Crippen molar-refractivity contribution in [3.05, 3.63) is 10.8 Å². The number of halogens is 1. The standard InChI is InChI=1S/C12H23BrN6/c1-9(2)19(3)7-5-4-6-15-11-10(13)12(18-14)17-8-16-11/h8-9H,4-7,14H2,1-3H3,(H2,15,16,17,18). The molecule has 0 aliphatic carbocycles. The van der Waals surface area contributed by atoms with Crippen molar-refractivity contribution in [2.75, 3.05) is 30.9 Å². The molecule has 1 rings (SSSR count). The fraction of sp³-hybridized carbons (Fsp3) is 0.667. The monoisotopic (exact) mass is 330 g/mol. The molecule has 0 unspecified atom stereocenters. The molecular weight excluding hydrogens is 308 g/mol. The first kappa shape index (κ1) is 16.1. The number of nitrogen functional groups attached to an aromatic ring is 1. The highest BCUT2D eigenvalue weighted by Crippen LogP contribution is 2.25. The minimum absolute atomic E-state index is 0.581. The van der Waals surface area contributed by atoms with Crippen molar-refractivity contribution < 1.29 is 0 Å². The first-order chi connectivity index (χ1) is 9.06. The van der Waals surface area contributed by atoms with Gasteiger partial charge in [0, 0.05) is 12.6 Å². The van der Waals surface area contributed by atoms with Crippen LogP contribution < -0.4 is 16.6 Å². The first-order valence-corrected chi connectivity index (χ1v) is 7.26. The van der Waals surface area contributed by atoms with Crippen LogP contribution in [0.2, 0.25) is 0 Å². The van der Waals surface area contributed by atoms with E-state index in [2.05, 4.69) is 62.4 Å². The Bertz CT molecular complexity index is 384. The van der Waals surface area contributed by atoms with Crippen LogP contribution >= 0.6 is 15.9 Å². The Morgan fingerprint density at radius 2 is 2.00 bits per heavy atom. The van der Waals surface area contributed by atoms with Gasteiger partial charge >= 0.3 is 0 Å². The molecule has 0 fully saturated rings. The van der Waals surface area contributed by atoms with Gasteiger partial charge in [0.1, 0.15) is 16.6 Å². The third kappa shape index (κ3) is 5.30. The second kappa shape index (κ2) is 8.29. The second-order valence-electron chi connectivity index (χ2n) is 4.74. The Kier molecular flexibility index (Phi) is 7.04. The van der Waals surface area contributed by atoms with E-state index >= 15 is 0 Å². The molecule has 0 spiro atoms. The molecular formula is C12H23BrN6. The molecule has 0 amide bonds. The van der Waals surface area contributed by atoms with E-state index in [1.54, 1.807) is 0 Å². The van der Waals surface area contributed by atoms with Gasteiger partial charge in [-0.2, -0.15) is 0 Å². The molecule has 0 aliphatic rings. The predicted molar refractivity (Wildman–Crippen MR) is 83.0 cm³/mol. The Morgan fingerprint density at radius 3 is 2.63 bits per heavy atom. The third-order valence-corrected chi connectivity index (χ3v) is 3.79. The first-order valence-electron chi connectivity index (χ1n) is 6.47. The molecule has 0 aromatic carbocycles. The quantitative estimate of drug-likeness (QED) is 0.384. The van der Waals surface area contributed by atoms with Crippen LogP contribution in [0.3, 0.4) is 0 Å². The Hall–Kier alpha value is -0.920. The molecule has 4 N–H and O–H groups in total. The summed E-state index contributed by atoms with van der Waals surface area (Å²) in [6, 6.07) is 0.599. The van der Waals surface area contributed by atoms with Crippen molar-refractivity contribution in [1.29, 1.82) is 0 Å². The maximum atomic E-state index is 5.35. The van der Waals surface area contributed by atoms with Gasteiger partial charge in [0.2, 0.25) is 0 Å². The van der Waals surface area contributed by atoms with E-state index in [4.69, 9.17) is 5.84 Å². The number of unbranched alkanes of at least 4 members (excludes halogenated alkanes) is 1. The molecule has 0 aliphatic heterocycles. The summed E-state index contributed by atoms with van der Waals surface area (Å²) < 4.78 is 0.761. The number of hydrogen-bond donors (Lipinski definition) is 3. The maximum absolute atomic E-state index is 5.35. The van der Waals surface area contributed by atoms with Crippen molar-refractivity contribution in [1.82, 2.24) is 14.9 Å². The van der Waals surface area contributed by atoms with Crippen molar-refractivity contribution in [2.24, 2.45) is 5.84 Å². The lowest BCUT2D eigenvalue weighted by atomic mass is 10.2. The molecule has 19 heavy (non-hydrogen) atoms. The zero-order valence-electron chi connectivity index (χ0n) is 11.8. The summed E-state index contributed by atoms with van der Waals surface area (Å²) >= 11 is 3.41. The van der Waals surface area contributed by atoms with E-state index in [1.807, 2.05) is 0 Å². The molecule has 1 aromatic rings. The van der Waals surface area contributed by atoms with Crippen LogP contribution in [0, 0.1) is 0 Å². The van der Waals surface area contributed by atoms with Crippen molar-refractivity contribution in [3.63, 3.8) is 0 Å². The zero-order valence-corrected chi connectivity index (χ0v) is 13.4. The van der Waals surface area contributed by atoms with Gasteiger partial charge < -0.3 is 15.6 Å². The van der Waals surface area contributed by atoms with Gasteiger partial charge in [-0.25, -0.2) is 15.8 Å². The lowest BCUT2D eigenvalue weighted by Gasteiger charge is -2.20. The van der Waals surface area contributed by atoms with E-state index in [-0.39, 0.29) is 0 Å². The summed E-state index contributed by atoms with van der Waals surface area (Å²) in [5.74, 6) is 6.70. The van der Waals surface area contributed by atoms with Crippen LogP contribution in [-0.2, 0) is 0 Å². The number of nitrogens with one attached hydrogen (secondary N) is 2. The highest BCUT2D eigenvalue weighted by atomic mass is 79.9. The van der Waals surface area contributed by atoms with Gasteiger partial charge in [-0.15, -0.1) is 0 Å². The van der Waals surface area contributed by atoms with Crippen LogP contribution in [0.5, 0.6) is 0 Å². The molecule has 0 saturated heterocycles. The normalized spacial score (nSPS) is 11.1. The zero-order chi connectivity index (χ0) is 14.3. The van der Waals surface area contributed by atoms with Crippen molar-refractivity contribution in [2.45, 2.75) is 32.7 Å². The Labute approximate surface area is 123 Å². The lowest BCUT2D eigenvalue weighted by molar-refractivity contribution is 0.269. The summed E-state index contributed by atoms with van der Waals surface area (Å²) in [5.41, 5.74) is 2.52. The molecule has 6 nitrogen and oxygen atoms in total. The Morgan fingerprint density at radius 1 is 1.32 bits per heavy atom. The maximum Gasteiger partial charge on any atom is 0.159 e. The van der Waals surface area contributed by atoms with E-state index in [9.17, 15) is 0 Å². The van der Waals surface area contributed by atoms with Crippen molar-refractivity contribution >= 4 is 27.6 Å². The van der Waals surface area contributed by atoms with Crippen molar-refractivity contribution in [3.8, 4) is 0 Å². The summed E-state index contributed by atoms with van der Waals surface area (Å²) in [6.07, 6.45) is 3.74. The van der Waals surface area contributed by atoms with Crippen LogP contribution in [0.1, 0.15) is 26.7 Å². The molecule has 0 bridgehead atoms. The SMILES string of the molecule is CC(C)N(C)CCCCNc1ncnc(NN)c1Br. The predicted octanol–water partition coefficient (Wildman–Crippen LogP) is 2.06. The Balaban J connectivity index is 2.30. The molecule has 7 heteroatoms. The molecule has 0 saturated carbocycles. The third-order valence-electron chi connectivity index (χ3n) is 3.04. The fourth-order valence-corrected chi connectivity index (χ4v) is 2.00. The fourth-order valence-electron chi connectivity index (χ4n) is 1.54. The van der Waals surface area contributed by atoms with Gasteiger partial charge in [0.25, 0.3) is 0 Å². The number of hydrazine groups is 1. The minimum Gasteiger partial charge on any atom is -0.369 e. The van der Waals surface area contributed by atoms with E-state index < -0.39 is 0 Å². The number of anilines is 2. The average molecular weight is 331 g/mol. The topological polar surface area (TPSA) is 79.1 Å². The van der Waals surface area contributed by atoms with Gasteiger partial charge in [0.15, 0.2) is 5.82 Å². The number of nitrogens with two attached hydrogens (primary N) is 1. The van der Waals surface area contributed by atoms with Gasteiger partial charge in [-0.05, 0) is 56.2 Å². The van der Waals surface area contributed by atoms with Gasteiger partial charge in [-0.1, -0.05) is 0 Å². The van der Waals surface area contributed by atoms with E-state index in [0.717, 1.165) is 36.2 Å². The van der Waals surface area contributed by atoms with Crippen LogP contribution in [0.4, 0.5) is 11.6 Å². The number of rotatable bonds is 8. The smallest absolute Gasteiger partial charge is 0.159 e. The van der Waals surface area contributed by atoms with Crippen LogP contribution in [0.15, 0.2) is 10.8 Å². The molecule has 1 aromatic heterocycles. The number of aromatic nitrogens is 2. The lowest BCUT2D eigenvalue weighted by Crippen LogP contribution is -2.27. The molecule has 1 heterocycles. The largest absolute Gasteiger partial charge is 0.369 e. The summed E-state index contributed by atoms with van der Waals surface area (Å²) in [4.78, 5) is 10.5. The summed E-state index contributed by atoms with van der Waals surface area (Å²) in [7, 11) is 2.15. The highest BCUT2D eigenvalue weighted by Gasteiger charge is 2.07. The number of nitrogens with zero attached hydrogens (tertiary/aromatic N) is 3. The summed E-state index contributed by atoms with van der Waals surface area (Å²) in [6.45, 7) is 6.40. The van der Waals surface area contributed by atoms with Gasteiger partial charge in [-0.3, -0.25) is 0 Å². The van der Waals surface area contributed by atoms with Crippen LogP contribution in [0.25, 0.3) is 0 Å². The van der Waals surface area contributed by atoms with Gasteiger partial charge in [0.05, 0.1) is 0 Å². The molecule has 0 radical (unpaired) electrons. The second-order valence-corrected chi connectivity index (χ2v) is 5.53. The molecule has 108 valence electrons. The average Bonchev–Trinajstić information content (AvgIpc) is 2.39. The van der Waals surface area contributed by atoms with Crippen LogP contribution in [-0.4, -0.2) is 41.0 Å². The minimum atomic E-state index is 0.581. The number of hydrogen-bond acceptors (Lipinski definition) is 6.